The van der Waals surface area contributed by atoms with Gasteiger partial charge in [-0.15, -0.1) is 0 Å². The Balaban J connectivity index is 1.96. The summed E-state index contributed by atoms with van der Waals surface area (Å²) >= 11 is 5.70. The van der Waals surface area contributed by atoms with Crippen molar-refractivity contribution in [2.75, 3.05) is 18.5 Å². The molecule has 0 saturated carbocycles. The summed E-state index contributed by atoms with van der Waals surface area (Å²) in [5.74, 6) is 0.570. The molecule has 0 saturated heterocycles. The van der Waals surface area contributed by atoms with Crippen LogP contribution in [0.1, 0.15) is 5.69 Å². The minimum absolute atomic E-state index is 0.208. The summed E-state index contributed by atoms with van der Waals surface area (Å²) in [6.07, 6.45) is 4.03. The fourth-order valence-corrected chi connectivity index (χ4v) is 1.50. The van der Waals surface area contributed by atoms with E-state index in [1.54, 1.807) is 6.20 Å². The van der Waals surface area contributed by atoms with Gasteiger partial charge >= 0.3 is 0 Å². The van der Waals surface area contributed by atoms with Crippen molar-refractivity contribution in [1.82, 2.24) is 19.9 Å². The smallest absolute Gasteiger partial charge is 0.229 e. The molecule has 0 bridgehead atoms. The third-order valence-corrected chi connectivity index (χ3v) is 2.48. The number of halogens is 1. The van der Waals surface area contributed by atoms with Crippen LogP contribution in [0.25, 0.3) is 0 Å². The molecule has 0 radical (unpaired) electrons. The average molecular weight is 250 g/mol. The molecule has 5 nitrogen and oxygen atoms in total. The molecule has 17 heavy (non-hydrogen) atoms. The predicted molar refractivity (Wildman–Crippen MR) is 66.0 cm³/mol. The molecule has 0 aromatic carbocycles. The highest BCUT2D eigenvalue weighted by atomic mass is 35.5. The van der Waals surface area contributed by atoms with Crippen molar-refractivity contribution in [2.45, 2.75) is 6.42 Å². The average Bonchev–Trinajstić information content (AvgIpc) is 2.37. The maximum atomic E-state index is 5.70. The van der Waals surface area contributed by atoms with Gasteiger partial charge in [-0.3, -0.25) is 4.98 Å². The lowest BCUT2D eigenvalue weighted by Crippen LogP contribution is -2.23. The summed E-state index contributed by atoms with van der Waals surface area (Å²) in [6.45, 7) is 0.775. The van der Waals surface area contributed by atoms with Crippen molar-refractivity contribution in [3.8, 4) is 0 Å². The van der Waals surface area contributed by atoms with Gasteiger partial charge in [-0.2, -0.15) is 4.98 Å². The van der Waals surface area contributed by atoms with Crippen LogP contribution in [0.2, 0.25) is 5.28 Å². The van der Waals surface area contributed by atoms with E-state index < -0.39 is 0 Å². The number of nitrogens with zero attached hydrogens (tertiary/aromatic N) is 5. The first-order chi connectivity index (χ1) is 8.25. The zero-order valence-electron chi connectivity index (χ0n) is 9.41. The van der Waals surface area contributed by atoms with Gasteiger partial charge in [0.05, 0.1) is 0 Å². The molecule has 0 aliphatic carbocycles. The molecule has 0 amide bonds. The Morgan fingerprint density at radius 3 is 2.82 bits per heavy atom. The molecule has 0 atom stereocenters. The van der Waals surface area contributed by atoms with Crippen LogP contribution in [-0.2, 0) is 6.42 Å². The topological polar surface area (TPSA) is 54.8 Å². The molecule has 0 fully saturated rings. The summed E-state index contributed by atoms with van der Waals surface area (Å²) < 4.78 is 0. The van der Waals surface area contributed by atoms with Gasteiger partial charge in [0.2, 0.25) is 11.2 Å². The molecule has 2 aromatic rings. The van der Waals surface area contributed by atoms with Gasteiger partial charge in [-0.05, 0) is 23.7 Å². The number of rotatable bonds is 4. The molecule has 2 rings (SSSR count). The summed E-state index contributed by atoms with van der Waals surface area (Å²) in [5.41, 5.74) is 1.04. The van der Waals surface area contributed by atoms with Crippen LogP contribution in [0.15, 0.2) is 30.7 Å². The van der Waals surface area contributed by atoms with Gasteiger partial charge in [0, 0.05) is 31.9 Å². The maximum Gasteiger partial charge on any atom is 0.229 e. The van der Waals surface area contributed by atoms with Crippen LogP contribution in [0.4, 0.5) is 5.95 Å². The van der Waals surface area contributed by atoms with E-state index in [0.29, 0.717) is 5.95 Å². The lowest BCUT2D eigenvalue weighted by Gasteiger charge is -2.15. The Morgan fingerprint density at radius 2 is 2.12 bits per heavy atom. The highest BCUT2D eigenvalue weighted by molar-refractivity contribution is 6.28. The van der Waals surface area contributed by atoms with Crippen LogP contribution >= 0.6 is 11.6 Å². The van der Waals surface area contributed by atoms with E-state index in [1.807, 2.05) is 30.1 Å². The van der Waals surface area contributed by atoms with Crippen LogP contribution in [0.3, 0.4) is 0 Å². The van der Waals surface area contributed by atoms with Gasteiger partial charge < -0.3 is 4.90 Å². The molecule has 88 valence electrons. The van der Waals surface area contributed by atoms with E-state index in [2.05, 4.69) is 19.9 Å². The van der Waals surface area contributed by atoms with Crippen LogP contribution in [0.5, 0.6) is 0 Å². The number of hydrogen-bond donors (Lipinski definition) is 0. The van der Waals surface area contributed by atoms with Crippen molar-refractivity contribution in [1.29, 1.82) is 0 Å². The molecule has 0 unspecified atom stereocenters. The quantitative estimate of drug-likeness (QED) is 0.824. The third kappa shape index (κ3) is 3.35. The fourth-order valence-electron chi connectivity index (χ4n) is 1.38. The van der Waals surface area contributed by atoms with Gasteiger partial charge in [0.15, 0.2) is 0 Å². The molecule has 0 spiro atoms. The molecule has 6 heteroatoms. The molecule has 0 N–H and O–H groups in total. The zero-order valence-corrected chi connectivity index (χ0v) is 10.2. The maximum absolute atomic E-state index is 5.70. The highest BCUT2D eigenvalue weighted by Crippen LogP contribution is 2.07. The van der Waals surface area contributed by atoms with Crippen molar-refractivity contribution >= 4 is 17.5 Å². The van der Waals surface area contributed by atoms with Crippen LogP contribution < -0.4 is 4.90 Å². The third-order valence-electron chi connectivity index (χ3n) is 2.30. The lowest BCUT2D eigenvalue weighted by atomic mass is 10.2. The first-order valence-electron chi connectivity index (χ1n) is 5.21. The Morgan fingerprint density at radius 1 is 1.24 bits per heavy atom. The van der Waals surface area contributed by atoms with E-state index in [0.717, 1.165) is 18.7 Å². The number of pyridine rings is 1. The van der Waals surface area contributed by atoms with Gasteiger partial charge in [0.1, 0.15) is 6.33 Å². The molecule has 0 aliphatic rings. The second-order valence-electron chi connectivity index (χ2n) is 3.55. The molecule has 0 aliphatic heterocycles. The Kier molecular flexibility index (Phi) is 3.82. The van der Waals surface area contributed by atoms with Crippen molar-refractivity contribution in [3.63, 3.8) is 0 Å². The van der Waals surface area contributed by atoms with E-state index in [4.69, 9.17) is 11.6 Å². The number of anilines is 1. The van der Waals surface area contributed by atoms with E-state index in [9.17, 15) is 0 Å². The summed E-state index contributed by atoms with van der Waals surface area (Å²) in [6, 6.07) is 5.87. The standard InChI is InChI=1S/C11H12ClN5/c1-17(11-15-8-14-10(12)16-11)7-5-9-4-2-3-6-13-9/h2-4,6,8H,5,7H2,1H3. The summed E-state index contributed by atoms with van der Waals surface area (Å²) in [5, 5.41) is 0.208. The van der Waals surface area contributed by atoms with Gasteiger partial charge in [-0.25, -0.2) is 9.97 Å². The second kappa shape index (κ2) is 5.54. The van der Waals surface area contributed by atoms with Crippen LogP contribution in [-0.4, -0.2) is 33.5 Å². The molecule has 2 aromatic heterocycles. The molecule has 2 heterocycles. The van der Waals surface area contributed by atoms with Gasteiger partial charge in [-0.1, -0.05) is 6.07 Å². The first kappa shape index (κ1) is 11.7. The van der Waals surface area contributed by atoms with E-state index in [1.165, 1.54) is 6.33 Å². The Labute approximate surface area is 105 Å². The summed E-state index contributed by atoms with van der Waals surface area (Å²) in [7, 11) is 1.91. The Hall–Kier alpha value is -1.75. The fraction of sp³-hybridized carbons (Fsp3) is 0.273. The first-order valence-corrected chi connectivity index (χ1v) is 5.59. The monoisotopic (exact) mass is 249 g/mol. The second-order valence-corrected chi connectivity index (χ2v) is 3.89. The van der Waals surface area contributed by atoms with E-state index in [-0.39, 0.29) is 5.28 Å². The van der Waals surface area contributed by atoms with Crippen LogP contribution in [0, 0.1) is 0 Å². The Bertz CT molecular complexity index is 476. The zero-order chi connectivity index (χ0) is 12.1. The number of likely N-dealkylation sites (N-methyl/N-ethyl adjacent to an activating group) is 1. The van der Waals surface area contributed by atoms with Crippen molar-refractivity contribution in [2.24, 2.45) is 0 Å². The highest BCUT2D eigenvalue weighted by Gasteiger charge is 2.05. The lowest BCUT2D eigenvalue weighted by molar-refractivity contribution is 0.813. The van der Waals surface area contributed by atoms with Gasteiger partial charge in [0.25, 0.3) is 0 Å². The predicted octanol–water partition coefficient (Wildman–Crippen LogP) is 1.60. The SMILES string of the molecule is CN(CCc1ccccn1)c1ncnc(Cl)n1. The van der Waals surface area contributed by atoms with Crippen molar-refractivity contribution < 1.29 is 0 Å². The number of aromatic nitrogens is 4. The summed E-state index contributed by atoms with van der Waals surface area (Å²) in [4.78, 5) is 18.0. The normalized spacial score (nSPS) is 10.2. The van der Waals surface area contributed by atoms with E-state index >= 15 is 0 Å². The molecular formula is C11H12ClN5. The minimum Gasteiger partial charge on any atom is -0.343 e. The number of hydrogen-bond acceptors (Lipinski definition) is 5. The molecular weight excluding hydrogens is 238 g/mol. The largest absolute Gasteiger partial charge is 0.343 e. The van der Waals surface area contributed by atoms with Crippen molar-refractivity contribution in [3.05, 3.63) is 41.7 Å². The minimum atomic E-state index is 0.208.